The maximum atomic E-state index is 12.9. The molecule has 1 N–H and O–H groups in total. The van der Waals surface area contributed by atoms with Crippen LogP contribution in [0.3, 0.4) is 0 Å². The van der Waals surface area contributed by atoms with Gasteiger partial charge in [0.1, 0.15) is 17.3 Å². The van der Waals surface area contributed by atoms with Crippen LogP contribution in [0.25, 0.3) is 11.3 Å². The third-order valence-corrected chi connectivity index (χ3v) is 1.99. The third-order valence-electron chi connectivity index (χ3n) is 1.99. The molecular weight excluding hydrogens is 224 g/mol. The first-order valence-corrected chi connectivity index (χ1v) is 4.36. The molecule has 0 unspecified atom stereocenters. The number of halogens is 4. The second-order valence-electron chi connectivity index (χ2n) is 3.17. The molecule has 0 fully saturated rings. The number of nitrogens with zero attached hydrogens (tertiary/aromatic N) is 1. The lowest BCUT2D eigenvalue weighted by atomic mass is 10.1. The van der Waals surface area contributed by atoms with Gasteiger partial charge in [-0.3, -0.25) is 5.10 Å². The van der Waals surface area contributed by atoms with Crippen LogP contribution >= 0.6 is 0 Å². The van der Waals surface area contributed by atoms with Crippen molar-refractivity contribution in [3.8, 4) is 11.3 Å². The summed E-state index contributed by atoms with van der Waals surface area (Å²) in [6.07, 6.45) is -2.69. The first-order valence-electron chi connectivity index (χ1n) is 4.36. The fraction of sp³-hybridized carbons (Fsp3) is 0.100. The molecule has 1 aromatic heterocycles. The van der Waals surface area contributed by atoms with Crippen LogP contribution in [0.5, 0.6) is 0 Å². The normalized spacial score (nSPS) is 11.1. The number of hydrogen-bond donors (Lipinski definition) is 1. The van der Waals surface area contributed by atoms with Gasteiger partial charge in [0.2, 0.25) is 0 Å². The van der Waals surface area contributed by atoms with Crippen LogP contribution in [0, 0.1) is 11.6 Å². The Balaban J connectivity index is 2.42. The zero-order valence-electron chi connectivity index (χ0n) is 7.85. The van der Waals surface area contributed by atoms with E-state index in [9.17, 15) is 17.6 Å². The topological polar surface area (TPSA) is 28.7 Å². The molecule has 2 nitrogen and oxygen atoms in total. The smallest absolute Gasteiger partial charge is 0.276 e. The van der Waals surface area contributed by atoms with E-state index < -0.39 is 18.1 Å². The fourth-order valence-electron chi connectivity index (χ4n) is 1.30. The van der Waals surface area contributed by atoms with Gasteiger partial charge in [-0.2, -0.15) is 5.10 Å². The van der Waals surface area contributed by atoms with E-state index in [1.165, 1.54) is 0 Å². The van der Waals surface area contributed by atoms with Crippen molar-refractivity contribution in [2.45, 2.75) is 6.43 Å². The van der Waals surface area contributed by atoms with E-state index in [-0.39, 0.29) is 17.0 Å². The molecule has 16 heavy (non-hydrogen) atoms. The molecule has 0 aliphatic heterocycles. The Morgan fingerprint density at radius 3 is 2.12 bits per heavy atom. The molecule has 0 aliphatic carbocycles. The molecule has 2 aromatic rings. The average molecular weight is 230 g/mol. The van der Waals surface area contributed by atoms with Crippen LogP contribution in [0.15, 0.2) is 24.3 Å². The van der Waals surface area contributed by atoms with E-state index in [2.05, 4.69) is 10.2 Å². The van der Waals surface area contributed by atoms with E-state index in [1.807, 2.05) is 0 Å². The predicted octanol–water partition coefficient (Wildman–Crippen LogP) is 3.29. The Kier molecular flexibility index (Phi) is 2.64. The van der Waals surface area contributed by atoms with E-state index in [1.54, 1.807) is 0 Å². The lowest BCUT2D eigenvalue weighted by molar-refractivity contribution is 0.146. The van der Waals surface area contributed by atoms with Gasteiger partial charge >= 0.3 is 0 Å². The Labute approximate surface area is 87.9 Å². The van der Waals surface area contributed by atoms with Crippen molar-refractivity contribution in [2.75, 3.05) is 0 Å². The summed E-state index contributed by atoms with van der Waals surface area (Å²) in [5.74, 6) is -1.56. The van der Waals surface area contributed by atoms with Crippen LogP contribution in [0.2, 0.25) is 0 Å². The quantitative estimate of drug-likeness (QED) is 0.788. The zero-order valence-corrected chi connectivity index (χ0v) is 7.85. The van der Waals surface area contributed by atoms with Crippen molar-refractivity contribution in [1.82, 2.24) is 10.2 Å². The molecule has 0 saturated heterocycles. The van der Waals surface area contributed by atoms with Crippen molar-refractivity contribution < 1.29 is 17.6 Å². The molecule has 0 spiro atoms. The second kappa shape index (κ2) is 3.96. The summed E-state index contributed by atoms with van der Waals surface area (Å²) in [5, 5.41) is 5.65. The van der Waals surface area contributed by atoms with Crippen LogP contribution < -0.4 is 0 Å². The average Bonchev–Trinajstić information content (AvgIpc) is 2.64. The zero-order chi connectivity index (χ0) is 11.7. The highest BCUT2D eigenvalue weighted by atomic mass is 19.3. The van der Waals surface area contributed by atoms with Gasteiger partial charge in [-0.05, 0) is 18.2 Å². The lowest BCUT2D eigenvalue weighted by Gasteiger charge is -1.97. The Bertz CT molecular complexity index is 487. The van der Waals surface area contributed by atoms with Crippen molar-refractivity contribution in [3.05, 3.63) is 41.6 Å². The summed E-state index contributed by atoms with van der Waals surface area (Å²) in [6.45, 7) is 0. The van der Waals surface area contributed by atoms with E-state index in [0.717, 1.165) is 18.2 Å². The summed E-state index contributed by atoms with van der Waals surface area (Å²) >= 11 is 0. The number of rotatable bonds is 2. The molecule has 2 rings (SSSR count). The van der Waals surface area contributed by atoms with E-state index >= 15 is 0 Å². The minimum absolute atomic E-state index is 0.0775. The third kappa shape index (κ3) is 2.05. The van der Waals surface area contributed by atoms with Gasteiger partial charge in [-0.25, -0.2) is 17.6 Å². The van der Waals surface area contributed by atoms with Gasteiger partial charge in [0.15, 0.2) is 0 Å². The molecule has 0 bridgehead atoms. The first kappa shape index (κ1) is 10.7. The molecule has 1 aromatic carbocycles. The molecule has 0 atom stereocenters. The Morgan fingerprint density at radius 2 is 1.62 bits per heavy atom. The lowest BCUT2D eigenvalue weighted by Crippen LogP contribution is -1.84. The maximum Gasteiger partial charge on any atom is 0.279 e. The van der Waals surface area contributed by atoms with E-state index in [0.29, 0.717) is 6.07 Å². The minimum Gasteiger partial charge on any atom is -0.276 e. The molecule has 1 heterocycles. The van der Waals surface area contributed by atoms with Gasteiger partial charge in [0.05, 0.1) is 5.69 Å². The minimum atomic E-state index is -2.69. The van der Waals surface area contributed by atoms with Gasteiger partial charge < -0.3 is 0 Å². The molecule has 0 amide bonds. The van der Waals surface area contributed by atoms with Crippen LogP contribution in [0.4, 0.5) is 17.6 Å². The first-order chi connectivity index (χ1) is 7.56. The number of hydrogen-bond acceptors (Lipinski definition) is 1. The number of aromatic nitrogens is 2. The Morgan fingerprint density at radius 1 is 1.00 bits per heavy atom. The van der Waals surface area contributed by atoms with Gasteiger partial charge in [-0.1, -0.05) is 0 Å². The highest BCUT2D eigenvalue weighted by molar-refractivity contribution is 5.59. The number of nitrogens with one attached hydrogen (secondary N) is 1. The molecule has 0 aliphatic rings. The molecule has 6 heteroatoms. The van der Waals surface area contributed by atoms with Gasteiger partial charge in [0.25, 0.3) is 6.43 Å². The van der Waals surface area contributed by atoms with E-state index in [4.69, 9.17) is 0 Å². The SMILES string of the molecule is Fc1cc(F)cc(-c2cc(C(F)F)[nH]n2)c1. The summed E-state index contributed by atoms with van der Waals surface area (Å²) in [4.78, 5) is 0. The highest BCUT2D eigenvalue weighted by Crippen LogP contribution is 2.24. The fourth-order valence-corrected chi connectivity index (χ4v) is 1.30. The number of aromatic amines is 1. The number of H-pyrrole nitrogens is 1. The van der Waals surface area contributed by atoms with Crippen LogP contribution in [0.1, 0.15) is 12.1 Å². The van der Waals surface area contributed by atoms with Crippen molar-refractivity contribution in [1.29, 1.82) is 0 Å². The highest BCUT2D eigenvalue weighted by Gasteiger charge is 2.12. The number of benzene rings is 1. The molecule has 84 valence electrons. The molecule has 0 radical (unpaired) electrons. The second-order valence-corrected chi connectivity index (χ2v) is 3.17. The van der Waals surface area contributed by atoms with Crippen molar-refractivity contribution >= 4 is 0 Å². The van der Waals surface area contributed by atoms with Crippen LogP contribution in [-0.4, -0.2) is 10.2 Å². The van der Waals surface area contributed by atoms with Crippen molar-refractivity contribution in [2.24, 2.45) is 0 Å². The summed E-state index contributed by atoms with van der Waals surface area (Å²) in [7, 11) is 0. The molecule has 0 saturated carbocycles. The summed E-state index contributed by atoms with van der Waals surface area (Å²) < 4.78 is 50.2. The summed E-state index contributed by atoms with van der Waals surface area (Å²) in [5.41, 5.74) is -0.200. The van der Waals surface area contributed by atoms with Crippen molar-refractivity contribution in [3.63, 3.8) is 0 Å². The number of alkyl halides is 2. The molecular formula is C10H6F4N2. The van der Waals surface area contributed by atoms with Gasteiger partial charge in [-0.15, -0.1) is 0 Å². The van der Waals surface area contributed by atoms with Gasteiger partial charge in [0, 0.05) is 11.6 Å². The largest absolute Gasteiger partial charge is 0.279 e. The monoisotopic (exact) mass is 230 g/mol. The Hall–Kier alpha value is -1.85. The predicted molar refractivity (Wildman–Crippen MR) is 48.9 cm³/mol. The summed E-state index contributed by atoms with van der Waals surface area (Å²) in [6, 6.07) is 3.80. The standard InChI is InChI=1S/C10H6F4N2/c11-6-1-5(2-7(12)3-6)8-4-9(10(13)14)16-15-8/h1-4,10H,(H,15,16). The van der Waals surface area contributed by atoms with Crippen LogP contribution in [-0.2, 0) is 0 Å². The maximum absolute atomic E-state index is 12.9.